The van der Waals surface area contributed by atoms with Crippen LogP contribution in [0.4, 0.5) is 4.39 Å². The molecule has 4 rings (SSSR count). The van der Waals surface area contributed by atoms with E-state index < -0.39 is 17.8 Å². The number of rotatable bonds is 6. The van der Waals surface area contributed by atoms with Crippen LogP contribution in [-0.4, -0.2) is 39.0 Å². The van der Waals surface area contributed by atoms with Gasteiger partial charge >= 0.3 is 5.97 Å². The van der Waals surface area contributed by atoms with E-state index in [0.717, 1.165) is 0 Å². The number of halogens is 1. The Balaban J connectivity index is 1.96. The van der Waals surface area contributed by atoms with Crippen LogP contribution in [0.5, 0.6) is 17.2 Å². The second-order valence-electron chi connectivity index (χ2n) is 7.58. The van der Waals surface area contributed by atoms with Crippen molar-refractivity contribution >= 4 is 23.4 Å². The van der Waals surface area contributed by atoms with Crippen LogP contribution in [0.3, 0.4) is 0 Å². The third-order valence-corrected chi connectivity index (χ3v) is 6.58. The van der Waals surface area contributed by atoms with E-state index in [1.807, 2.05) is 0 Å². The predicted molar refractivity (Wildman–Crippen MR) is 128 cm³/mol. The SMILES string of the molecule is COC(=O)C1=C(C)N=c2sc(=Cc3cc(OC)c(OC)c(OC)c3)c(=O)n2C1c1ccc(F)cc1. The molecule has 0 bridgehead atoms. The summed E-state index contributed by atoms with van der Waals surface area (Å²) < 4.78 is 36.6. The molecule has 1 aromatic heterocycles. The molecule has 2 aromatic carbocycles. The van der Waals surface area contributed by atoms with Gasteiger partial charge in [-0.15, -0.1) is 0 Å². The zero-order valence-electron chi connectivity index (χ0n) is 19.7. The van der Waals surface area contributed by atoms with Crippen LogP contribution in [0.2, 0.25) is 0 Å². The number of thiazole rings is 1. The maximum Gasteiger partial charge on any atom is 0.338 e. The number of hydrogen-bond donors (Lipinski definition) is 0. The Kier molecular flexibility index (Phi) is 6.74. The number of methoxy groups -OCH3 is 4. The molecule has 0 radical (unpaired) electrons. The number of ether oxygens (including phenoxy) is 4. The van der Waals surface area contributed by atoms with Gasteiger partial charge in [0.25, 0.3) is 5.56 Å². The summed E-state index contributed by atoms with van der Waals surface area (Å²) in [4.78, 5) is 31.2. The molecule has 3 aromatic rings. The first-order valence-electron chi connectivity index (χ1n) is 10.5. The van der Waals surface area contributed by atoms with Crippen molar-refractivity contribution in [1.82, 2.24) is 4.57 Å². The molecule has 35 heavy (non-hydrogen) atoms. The van der Waals surface area contributed by atoms with E-state index in [1.54, 1.807) is 25.1 Å². The van der Waals surface area contributed by atoms with Gasteiger partial charge in [-0.1, -0.05) is 23.5 Å². The minimum Gasteiger partial charge on any atom is -0.493 e. The lowest BCUT2D eigenvalue weighted by atomic mass is 9.96. The number of benzene rings is 2. The molecule has 1 aliphatic rings. The summed E-state index contributed by atoms with van der Waals surface area (Å²) in [7, 11) is 5.79. The normalized spacial score (nSPS) is 15.4. The van der Waals surface area contributed by atoms with Crippen LogP contribution < -0.4 is 29.1 Å². The molecule has 182 valence electrons. The average Bonchev–Trinajstić information content (AvgIpc) is 3.16. The molecule has 8 nitrogen and oxygen atoms in total. The van der Waals surface area contributed by atoms with E-state index in [9.17, 15) is 14.0 Å². The quantitative estimate of drug-likeness (QED) is 0.486. The molecule has 2 heterocycles. The van der Waals surface area contributed by atoms with Crippen LogP contribution in [0.25, 0.3) is 6.08 Å². The number of fused-ring (bicyclic) bond motifs is 1. The predicted octanol–water partition coefficient (Wildman–Crippen LogP) is 2.57. The van der Waals surface area contributed by atoms with Crippen molar-refractivity contribution in [3.05, 3.63) is 84.3 Å². The molecule has 0 saturated heterocycles. The molecule has 1 unspecified atom stereocenters. The van der Waals surface area contributed by atoms with Crippen molar-refractivity contribution < 1.29 is 28.1 Å². The summed E-state index contributed by atoms with van der Waals surface area (Å²) in [5.41, 5.74) is 1.48. The van der Waals surface area contributed by atoms with Gasteiger partial charge in [-0.05, 0) is 48.4 Å². The summed E-state index contributed by atoms with van der Waals surface area (Å²) in [6.45, 7) is 1.68. The molecular weight excluding hydrogens is 475 g/mol. The molecule has 0 amide bonds. The molecule has 1 aliphatic heterocycles. The molecule has 0 aliphatic carbocycles. The fraction of sp³-hybridized carbons (Fsp3) is 0.240. The van der Waals surface area contributed by atoms with Gasteiger partial charge in [-0.25, -0.2) is 14.2 Å². The topological polar surface area (TPSA) is 88.4 Å². The number of hydrogen-bond acceptors (Lipinski definition) is 8. The van der Waals surface area contributed by atoms with Gasteiger partial charge in [0.15, 0.2) is 16.3 Å². The van der Waals surface area contributed by atoms with E-state index in [2.05, 4.69) is 4.99 Å². The summed E-state index contributed by atoms with van der Waals surface area (Å²) in [6.07, 6.45) is 1.69. The highest BCUT2D eigenvalue weighted by atomic mass is 32.1. The van der Waals surface area contributed by atoms with Gasteiger partial charge in [-0.2, -0.15) is 0 Å². The zero-order chi connectivity index (χ0) is 25.3. The Bertz CT molecular complexity index is 1480. The Morgan fingerprint density at radius 2 is 1.69 bits per heavy atom. The number of nitrogens with zero attached hydrogens (tertiary/aromatic N) is 2. The Morgan fingerprint density at radius 3 is 2.23 bits per heavy atom. The highest BCUT2D eigenvalue weighted by Gasteiger charge is 2.33. The minimum absolute atomic E-state index is 0.214. The molecule has 0 fully saturated rings. The standard InChI is InChI=1S/C25H23FN2O6S/c1-13-20(24(30)34-5)21(15-6-8-16(26)9-7-15)28-23(29)19(35-25(28)27-13)12-14-10-17(31-2)22(33-4)18(11-14)32-3/h6-12,21H,1-5H3. The van der Waals surface area contributed by atoms with Crippen LogP contribution in [0, 0.1) is 5.82 Å². The third-order valence-electron chi connectivity index (χ3n) is 5.60. The fourth-order valence-electron chi connectivity index (χ4n) is 3.99. The van der Waals surface area contributed by atoms with Crippen LogP contribution in [0.1, 0.15) is 24.1 Å². The third kappa shape index (κ3) is 4.32. The van der Waals surface area contributed by atoms with Crippen molar-refractivity contribution in [2.75, 3.05) is 28.4 Å². The number of allylic oxidation sites excluding steroid dienone is 1. The highest BCUT2D eigenvalue weighted by Crippen LogP contribution is 2.38. The minimum atomic E-state index is -0.818. The second-order valence-corrected chi connectivity index (χ2v) is 8.59. The van der Waals surface area contributed by atoms with Crippen molar-refractivity contribution in [2.24, 2.45) is 4.99 Å². The van der Waals surface area contributed by atoms with Crippen molar-refractivity contribution in [2.45, 2.75) is 13.0 Å². The molecule has 0 saturated carbocycles. The van der Waals surface area contributed by atoms with Gasteiger partial charge < -0.3 is 18.9 Å². The summed E-state index contributed by atoms with van der Waals surface area (Å²) in [5.74, 6) is 0.282. The summed E-state index contributed by atoms with van der Waals surface area (Å²) in [6, 6.07) is 8.28. The molecular formula is C25H23FN2O6S. The van der Waals surface area contributed by atoms with Crippen LogP contribution >= 0.6 is 11.3 Å². The molecule has 10 heteroatoms. The van der Waals surface area contributed by atoms with Crippen molar-refractivity contribution in [3.63, 3.8) is 0 Å². The van der Waals surface area contributed by atoms with E-state index in [0.29, 0.717) is 43.4 Å². The van der Waals surface area contributed by atoms with Gasteiger partial charge in [0.1, 0.15) is 5.82 Å². The second kappa shape index (κ2) is 9.75. The smallest absolute Gasteiger partial charge is 0.338 e. The number of carbonyl (C=O) groups excluding carboxylic acids is 1. The van der Waals surface area contributed by atoms with Gasteiger partial charge in [0, 0.05) is 0 Å². The largest absolute Gasteiger partial charge is 0.493 e. The van der Waals surface area contributed by atoms with Crippen molar-refractivity contribution in [1.29, 1.82) is 0 Å². The van der Waals surface area contributed by atoms with Crippen LogP contribution in [-0.2, 0) is 9.53 Å². The molecule has 0 spiro atoms. The molecule has 0 N–H and O–H groups in total. The first kappa shape index (κ1) is 24.2. The Hall–Kier alpha value is -3.92. The lowest BCUT2D eigenvalue weighted by Crippen LogP contribution is -2.39. The van der Waals surface area contributed by atoms with Crippen molar-refractivity contribution in [3.8, 4) is 17.2 Å². The number of carbonyl (C=O) groups is 1. The monoisotopic (exact) mass is 498 g/mol. The first-order chi connectivity index (χ1) is 16.8. The van der Waals surface area contributed by atoms with E-state index in [4.69, 9.17) is 18.9 Å². The summed E-state index contributed by atoms with van der Waals surface area (Å²) in [5, 5.41) is 0. The lowest BCUT2D eigenvalue weighted by Gasteiger charge is -2.24. The maximum absolute atomic E-state index is 13.6. The van der Waals surface area contributed by atoms with Gasteiger partial charge in [-0.3, -0.25) is 9.36 Å². The average molecular weight is 499 g/mol. The van der Waals surface area contributed by atoms with Gasteiger partial charge in [0.2, 0.25) is 5.75 Å². The fourth-order valence-corrected chi connectivity index (χ4v) is 5.04. The number of esters is 1. The Morgan fingerprint density at radius 1 is 1.06 bits per heavy atom. The summed E-state index contributed by atoms with van der Waals surface area (Å²) >= 11 is 1.18. The van der Waals surface area contributed by atoms with E-state index >= 15 is 0 Å². The highest BCUT2D eigenvalue weighted by molar-refractivity contribution is 7.07. The van der Waals surface area contributed by atoms with E-state index in [-0.39, 0.29) is 11.1 Å². The number of aromatic nitrogens is 1. The first-order valence-corrected chi connectivity index (χ1v) is 11.3. The zero-order valence-corrected chi connectivity index (χ0v) is 20.6. The lowest BCUT2D eigenvalue weighted by molar-refractivity contribution is -0.136. The molecule has 1 atom stereocenters. The maximum atomic E-state index is 13.6. The van der Waals surface area contributed by atoms with Crippen LogP contribution in [0.15, 0.2) is 57.5 Å². The van der Waals surface area contributed by atoms with Gasteiger partial charge in [0.05, 0.1) is 50.3 Å². The van der Waals surface area contributed by atoms with E-state index in [1.165, 1.54) is 68.6 Å². The Labute approximate surface area is 204 Å².